The highest BCUT2D eigenvalue weighted by atomic mass is 35.5. The third-order valence-electron chi connectivity index (χ3n) is 3.05. The van der Waals surface area contributed by atoms with Crippen molar-refractivity contribution in [3.8, 4) is 0 Å². The van der Waals surface area contributed by atoms with E-state index in [0.29, 0.717) is 6.04 Å². The molecule has 1 atom stereocenters. The number of thioether (sulfide) groups is 1. The van der Waals surface area contributed by atoms with E-state index in [2.05, 4.69) is 23.6 Å². The van der Waals surface area contributed by atoms with E-state index in [1.165, 1.54) is 12.2 Å². The summed E-state index contributed by atoms with van der Waals surface area (Å²) in [4.78, 5) is 0. The van der Waals surface area contributed by atoms with Crippen LogP contribution in [0.2, 0.25) is 5.02 Å². The Kier molecular flexibility index (Phi) is 7.12. The molecule has 0 aliphatic rings. The zero-order valence-electron chi connectivity index (χ0n) is 11.8. The molecule has 0 saturated carbocycles. The maximum atomic E-state index is 6.31. The first-order valence-corrected chi connectivity index (χ1v) is 8.27. The van der Waals surface area contributed by atoms with E-state index in [1.54, 1.807) is 0 Å². The minimum absolute atomic E-state index is 0.490. The molecule has 104 valence electrons. The van der Waals surface area contributed by atoms with Crippen molar-refractivity contribution >= 4 is 23.4 Å². The minimum Gasteiger partial charge on any atom is -0.314 e. The molecule has 0 aliphatic carbocycles. The van der Waals surface area contributed by atoms with Gasteiger partial charge in [-0.2, -0.15) is 16.9 Å². The number of rotatable bonds is 8. The standard InChI is InChI=1S/C13H24ClN3S/c1-5-7-15-11(6-8-18-4)9-12-13(14)10(2)16-17(12)3/h11,15H,5-9H2,1-4H3. The summed E-state index contributed by atoms with van der Waals surface area (Å²) in [5.41, 5.74) is 2.07. The average Bonchev–Trinajstić information content (AvgIpc) is 2.58. The SMILES string of the molecule is CCCNC(CCSC)Cc1c(Cl)c(C)nn1C. The zero-order chi connectivity index (χ0) is 13.5. The Morgan fingerprint density at radius 2 is 2.22 bits per heavy atom. The third kappa shape index (κ3) is 4.48. The lowest BCUT2D eigenvalue weighted by Crippen LogP contribution is -2.33. The fraction of sp³-hybridized carbons (Fsp3) is 0.769. The van der Waals surface area contributed by atoms with Crippen molar-refractivity contribution in [3.63, 3.8) is 0 Å². The Hall–Kier alpha value is -0.190. The van der Waals surface area contributed by atoms with Gasteiger partial charge >= 0.3 is 0 Å². The normalized spacial score (nSPS) is 12.9. The first kappa shape index (κ1) is 15.9. The summed E-state index contributed by atoms with van der Waals surface area (Å²) in [6.45, 7) is 5.22. The number of nitrogens with zero attached hydrogens (tertiary/aromatic N) is 2. The molecule has 5 heteroatoms. The molecule has 0 bridgehead atoms. The second-order valence-corrected chi connectivity index (χ2v) is 5.97. The van der Waals surface area contributed by atoms with Crippen LogP contribution < -0.4 is 5.32 Å². The molecule has 18 heavy (non-hydrogen) atoms. The van der Waals surface area contributed by atoms with Gasteiger partial charge in [0.2, 0.25) is 0 Å². The Morgan fingerprint density at radius 1 is 1.50 bits per heavy atom. The smallest absolute Gasteiger partial charge is 0.0847 e. The van der Waals surface area contributed by atoms with E-state index >= 15 is 0 Å². The van der Waals surface area contributed by atoms with Crippen LogP contribution in [0.3, 0.4) is 0 Å². The monoisotopic (exact) mass is 289 g/mol. The van der Waals surface area contributed by atoms with Gasteiger partial charge in [0.25, 0.3) is 0 Å². The first-order chi connectivity index (χ1) is 8.60. The van der Waals surface area contributed by atoms with E-state index < -0.39 is 0 Å². The Bertz CT molecular complexity index is 357. The Labute approximate surface area is 120 Å². The van der Waals surface area contributed by atoms with Gasteiger partial charge in [-0.15, -0.1) is 0 Å². The summed E-state index contributed by atoms with van der Waals surface area (Å²) in [7, 11) is 1.97. The van der Waals surface area contributed by atoms with E-state index in [9.17, 15) is 0 Å². The lowest BCUT2D eigenvalue weighted by atomic mass is 10.1. The highest BCUT2D eigenvalue weighted by Crippen LogP contribution is 2.21. The predicted octanol–water partition coefficient (Wildman–Crippen LogP) is 3.05. The van der Waals surface area contributed by atoms with Gasteiger partial charge in [0, 0.05) is 19.5 Å². The van der Waals surface area contributed by atoms with Crippen molar-refractivity contribution in [2.75, 3.05) is 18.6 Å². The van der Waals surface area contributed by atoms with Crippen molar-refractivity contribution in [2.45, 2.75) is 39.2 Å². The van der Waals surface area contributed by atoms with Gasteiger partial charge in [0.15, 0.2) is 0 Å². The number of hydrogen-bond acceptors (Lipinski definition) is 3. The van der Waals surface area contributed by atoms with Gasteiger partial charge in [-0.25, -0.2) is 0 Å². The number of nitrogens with one attached hydrogen (secondary N) is 1. The average molecular weight is 290 g/mol. The van der Waals surface area contributed by atoms with Gasteiger partial charge in [0.05, 0.1) is 16.4 Å². The lowest BCUT2D eigenvalue weighted by molar-refractivity contribution is 0.484. The minimum atomic E-state index is 0.490. The molecular weight excluding hydrogens is 266 g/mol. The van der Waals surface area contributed by atoms with Crippen molar-refractivity contribution in [2.24, 2.45) is 7.05 Å². The summed E-state index contributed by atoms with van der Waals surface area (Å²) in [6.07, 6.45) is 5.43. The van der Waals surface area contributed by atoms with E-state index in [-0.39, 0.29) is 0 Å². The fourth-order valence-electron chi connectivity index (χ4n) is 2.02. The highest BCUT2D eigenvalue weighted by molar-refractivity contribution is 7.98. The maximum Gasteiger partial charge on any atom is 0.0847 e. The van der Waals surface area contributed by atoms with Crippen LogP contribution in [-0.2, 0) is 13.5 Å². The number of hydrogen-bond donors (Lipinski definition) is 1. The van der Waals surface area contributed by atoms with Crippen molar-refractivity contribution in [3.05, 3.63) is 16.4 Å². The molecule has 0 radical (unpaired) electrons. The van der Waals surface area contributed by atoms with E-state index in [4.69, 9.17) is 11.6 Å². The topological polar surface area (TPSA) is 29.9 Å². The van der Waals surface area contributed by atoms with E-state index in [1.807, 2.05) is 30.4 Å². The first-order valence-electron chi connectivity index (χ1n) is 6.50. The molecule has 1 N–H and O–H groups in total. The summed E-state index contributed by atoms with van der Waals surface area (Å²) >= 11 is 8.20. The third-order valence-corrected chi connectivity index (χ3v) is 4.19. The van der Waals surface area contributed by atoms with Crippen LogP contribution in [0.5, 0.6) is 0 Å². The molecule has 0 aliphatic heterocycles. The van der Waals surface area contributed by atoms with Crippen molar-refractivity contribution in [1.29, 1.82) is 0 Å². The molecule has 1 unspecified atom stereocenters. The maximum absolute atomic E-state index is 6.31. The van der Waals surface area contributed by atoms with E-state index in [0.717, 1.165) is 35.8 Å². The predicted molar refractivity (Wildman–Crippen MR) is 81.7 cm³/mol. The molecule has 1 heterocycles. The molecule has 0 aromatic carbocycles. The van der Waals surface area contributed by atoms with Crippen LogP contribution in [0, 0.1) is 6.92 Å². The largest absolute Gasteiger partial charge is 0.314 e. The van der Waals surface area contributed by atoms with Gasteiger partial charge in [-0.1, -0.05) is 18.5 Å². The molecule has 1 aromatic heterocycles. The molecule has 3 nitrogen and oxygen atoms in total. The van der Waals surface area contributed by atoms with Crippen LogP contribution in [-0.4, -0.2) is 34.4 Å². The van der Waals surface area contributed by atoms with Gasteiger partial charge in [-0.05, 0) is 38.3 Å². The van der Waals surface area contributed by atoms with Gasteiger partial charge in [-0.3, -0.25) is 4.68 Å². The molecule has 0 fully saturated rings. The quantitative estimate of drug-likeness (QED) is 0.798. The summed E-state index contributed by atoms with van der Waals surface area (Å²) in [5, 5.41) is 8.80. The van der Waals surface area contributed by atoms with Crippen LogP contribution in [0.15, 0.2) is 0 Å². The second-order valence-electron chi connectivity index (χ2n) is 4.61. The number of aryl methyl sites for hydroxylation is 2. The molecular formula is C13H24ClN3S. The summed E-state index contributed by atoms with van der Waals surface area (Å²) in [6, 6.07) is 0.490. The Balaban J connectivity index is 2.68. The van der Waals surface area contributed by atoms with Crippen molar-refractivity contribution in [1.82, 2.24) is 15.1 Å². The second kappa shape index (κ2) is 8.08. The van der Waals surface area contributed by atoms with Gasteiger partial charge < -0.3 is 5.32 Å². The molecule has 1 rings (SSSR count). The van der Waals surface area contributed by atoms with Crippen LogP contribution in [0.1, 0.15) is 31.2 Å². The van der Waals surface area contributed by atoms with Gasteiger partial charge in [0.1, 0.15) is 0 Å². The van der Waals surface area contributed by atoms with Crippen molar-refractivity contribution < 1.29 is 0 Å². The molecule has 0 saturated heterocycles. The number of aromatic nitrogens is 2. The van der Waals surface area contributed by atoms with Crippen LogP contribution in [0.25, 0.3) is 0 Å². The molecule has 1 aromatic rings. The Morgan fingerprint density at radius 3 is 2.72 bits per heavy atom. The fourth-order valence-corrected chi connectivity index (χ4v) is 2.78. The number of halogens is 1. The molecule has 0 spiro atoms. The van der Waals surface area contributed by atoms with Crippen LogP contribution >= 0.6 is 23.4 Å². The van der Waals surface area contributed by atoms with Crippen LogP contribution in [0.4, 0.5) is 0 Å². The lowest BCUT2D eigenvalue weighted by Gasteiger charge is -2.18. The highest BCUT2D eigenvalue weighted by Gasteiger charge is 2.16. The zero-order valence-corrected chi connectivity index (χ0v) is 13.4. The molecule has 0 amide bonds. The summed E-state index contributed by atoms with van der Waals surface area (Å²) < 4.78 is 1.91. The summed E-state index contributed by atoms with van der Waals surface area (Å²) in [5.74, 6) is 1.18.